The molecular weight excluding hydrogens is 280 g/mol. The summed E-state index contributed by atoms with van der Waals surface area (Å²) in [7, 11) is -3.64. The van der Waals surface area contributed by atoms with E-state index in [1.54, 1.807) is 17.9 Å². The first-order chi connectivity index (χ1) is 9.47. The van der Waals surface area contributed by atoms with E-state index < -0.39 is 21.6 Å². The Morgan fingerprint density at radius 2 is 2.10 bits per heavy atom. The van der Waals surface area contributed by atoms with Gasteiger partial charge in [0.2, 0.25) is 10.0 Å². The fourth-order valence-electron chi connectivity index (χ4n) is 3.34. The van der Waals surface area contributed by atoms with Gasteiger partial charge in [0.1, 0.15) is 17.7 Å². The highest BCUT2D eigenvalue weighted by molar-refractivity contribution is 7.90. The van der Waals surface area contributed by atoms with Crippen LogP contribution in [0.1, 0.15) is 20.3 Å². The Morgan fingerprint density at radius 1 is 1.35 bits per heavy atom. The molecule has 20 heavy (non-hydrogen) atoms. The molecule has 0 aromatic heterocycles. The van der Waals surface area contributed by atoms with Crippen molar-refractivity contribution in [1.82, 2.24) is 19.6 Å². The zero-order chi connectivity index (χ0) is 14.2. The molecule has 7 nitrogen and oxygen atoms in total. The summed E-state index contributed by atoms with van der Waals surface area (Å²) in [6.45, 7) is 3.63. The molecule has 2 atom stereocenters. The second-order valence-corrected chi connectivity index (χ2v) is 6.99. The first-order valence-electron chi connectivity index (χ1n) is 6.50. The summed E-state index contributed by atoms with van der Waals surface area (Å²) in [6, 6.07) is 0. The molecule has 106 valence electrons. The van der Waals surface area contributed by atoms with E-state index in [1.807, 2.05) is 24.0 Å². The van der Waals surface area contributed by atoms with Gasteiger partial charge < -0.3 is 4.90 Å². The number of hydrazine groups is 1. The quantitative estimate of drug-likeness (QED) is 0.737. The van der Waals surface area contributed by atoms with E-state index in [0.717, 1.165) is 5.82 Å². The Bertz CT molecular complexity index is 721. The van der Waals surface area contributed by atoms with Gasteiger partial charge in [-0.05, 0) is 25.5 Å². The van der Waals surface area contributed by atoms with Gasteiger partial charge in [-0.1, -0.05) is 13.0 Å². The van der Waals surface area contributed by atoms with E-state index in [4.69, 9.17) is 0 Å². The maximum Gasteiger partial charge on any atom is 0.289 e. The van der Waals surface area contributed by atoms with Crippen LogP contribution in [0.5, 0.6) is 0 Å². The number of sulfonamides is 1. The molecule has 0 radical (unpaired) electrons. The van der Waals surface area contributed by atoms with Gasteiger partial charge in [-0.2, -0.15) is 0 Å². The van der Waals surface area contributed by atoms with Crippen molar-refractivity contribution in [2.75, 3.05) is 0 Å². The number of rotatable bonds is 1. The van der Waals surface area contributed by atoms with Crippen LogP contribution >= 0.6 is 0 Å². The molecule has 5 rings (SSSR count). The fraction of sp³-hybridized carbons (Fsp3) is 0.417. The zero-order valence-corrected chi connectivity index (χ0v) is 11.9. The van der Waals surface area contributed by atoms with Crippen molar-refractivity contribution in [3.63, 3.8) is 0 Å². The minimum absolute atomic E-state index is 0.300. The number of nitrogens with one attached hydrogen (secondary N) is 1. The predicted octanol–water partition coefficient (Wildman–Crippen LogP) is -0.000900. The van der Waals surface area contributed by atoms with Crippen LogP contribution in [0, 0.1) is 0 Å². The van der Waals surface area contributed by atoms with Crippen LogP contribution in [0.15, 0.2) is 35.4 Å². The third-order valence-electron chi connectivity index (χ3n) is 4.14. The maximum atomic E-state index is 12.5. The summed E-state index contributed by atoms with van der Waals surface area (Å²) in [5.74, 6) is 0.461. The van der Waals surface area contributed by atoms with Crippen LogP contribution in [0.2, 0.25) is 0 Å². The van der Waals surface area contributed by atoms with Crippen molar-refractivity contribution in [3.8, 4) is 0 Å². The van der Waals surface area contributed by atoms with Gasteiger partial charge in [0.15, 0.2) is 5.37 Å². The summed E-state index contributed by atoms with van der Waals surface area (Å²) in [6.07, 6.45) is 5.54. The topological polar surface area (TPSA) is 73.0 Å². The first-order valence-corrected chi connectivity index (χ1v) is 8.04. The average molecular weight is 294 g/mol. The molecule has 0 aromatic rings. The Balaban J connectivity index is 2.05. The summed E-state index contributed by atoms with van der Waals surface area (Å²) >= 11 is 0. The molecule has 2 saturated heterocycles. The molecule has 5 aliphatic heterocycles. The van der Waals surface area contributed by atoms with Gasteiger partial charge in [-0.25, -0.2) is 13.4 Å². The minimum Gasteiger partial charge on any atom is -0.310 e. The summed E-state index contributed by atoms with van der Waals surface area (Å²) < 4.78 is 25.0. The van der Waals surface area contributed by atoms with Crippen molar-refractivity contribution in [2.45, 2.75) is 31.8 Å². The maximum absolute atomic E-state index is 12.5. The number of amides is 1. The highest BCUT2D eigenvalue weighted by atomic mass is 32.2. The lowest BCUT2D eigenvalue weighted by Crippen LogP contribution is -2.58. The third kappa shape index (κ3) is 1.14. The van der Waals surface area contributed by atoms with Crippen LogP contribution in [0.25, 0.3) is 0 Å². The second kappa shape index (κ2) is 3.44. The monoisotopic (exact) mass is 294 g/mol. The Morgan fingerprint density at radius 3 is 2.80 bits per heavy atom. The van der Waals surface area contributed by atoms with Crippen LogP contribution in [-0.2, 0) is 14.8 Å². The van der Waals surface area contributed by atoms with E-state index in [1.165, 1.54) is 5.01 Å². The number of hydrogen-bond acceptors (Lipinski definition) is 5. The molecule has 0 spiro atoms. The molecule has 0 saturated carbocycles. The molecular formula is C12H14N4O3S. The van der Waals surface area contributed by atoms with Gasteiger partial charge in [0.25, 0.3) is 5.91 Å². The number of fused-ring (bicyclic) bond motifs is 2. The van der Waals surface area contributed by atoms with Gasteiger partial charge in [-0.15, -0.1) is 4.83 Å². The molecule has 5 aliphatic rings. The molecule has 6 bridgehead atoms. The van der Waals surface area contributed by atoms with E-state index in [0.29, 0.717) is 17.8 Å². The fourth-order valence-corrected chi connectivity index (χ4v) is 4.91. The molecule has 1 N–H and O–H groups in total. The van der Waals surface area contributed by atoms with Crippen molar-refractivity contribution in [1.29, 1.82) is 0 Å². The molecule has 8 heteroatoms. The molecule has 0 aliphatic carbocycles. The molecule has 0 aromatic carbocycles. The summed E-state index contributed by atoms with van der Waals surface area (Å²) in [5.41, 5.74) is 1.26. The van der Waals surface area contributed by atoms with Crippen LogP contribution in [0.4, 0.5) is 0 Å². The molecule has 2 fully saturated rings. The van der Waals surface area contributed by atoms with Crippen LogP contribution < -0.4 is 4.83 Å². The summed E-state index contributed by atoms with van der Waals surface area (Å²) in [5, 5.41) is 0.494. The Kier molecular flexibility index (Phi) is 2.06. The zero-order valence-electron chi connectivity index (χ0n) is 11.1. The van der Waals surface area contributed by atoms with Gasteiger partial charge in [0.05, 0.1) is 0 Å². The lowest BCUT2D eigenvalue weighted by molar-refractivity contribution is -0.127. The van der Waals surface area contributed by atoms with Crippen LogP contribution in [0.3, 0.4) is 0 Å². The molecule has 1 amide bonds. The highest BCUT2D eigenvalue weighted by Crippen LogP contribution is 2.45. The Hall–Kier alpha value is -1.80. The largest absolute Gasteiger partial charge is 0.310 e. The van der Waals surface area contributed by atoms with Gasteiger partial charge in [-0.3, -0.25) is 9.69 Å². The normalized spacial score (nSPS) is 33.0. The minimum atomic E-state index is -3.64. The average Bonchev–Trinajstić information content (AvgIpc) is 2.84. The van der Waals surface area contributed by atoms with Crippen molar-refractivity contribution < 1.29 is 13.2 Å². The van der Waals surface area contributed by atoms with Crippen molar-refractivity contribution in [3.05, 3.63) is 35.4 Å². The van der Waals surface area contributed by atoms with E-state index in [2.05, 4.69) is 4.83 Å². The van der Waals surface area contributed by atoms with Gasteiger partial charge >= 0.3 is 0 Å². The SMILES string of the molecule is CCC1N2C3=CC=CC4N(NS1(=O)=O)C(=O)C(=C2C)N34. The summed E-state index contributed by atoms with van der Waals surface area (Å²) in [4.78, 5) is 18.5. The number of carbonyl (C=O) groups excluding carboxylic acids is 1. The number of allylic oxidation sites excluding steroid dienone is 3. The number of carbonyl (C=O) groups is 1. The molecule has 2 unspecified atom stereocenters. The predicted molar refractivity (Wildman–Crippen MR) is 70.4 cm³/mol. The third-order valence-corrected chi connectivity index (χ3v) is 5.85. The lowest BCUT2D eigenvalue weighted by Gasteiger charge is -2.40. The number of hydrogen-bond donors (Lipinski definition) is 1. The second-order valence-electron chi connectivity index (χ2n) is 5.17. The highest BCUT2D eigenvalue weighted by Gasteiger charge is 2.56. The van der Waals surface area contributed by atoms with Crippen molar-refractivity contribution in [2.24, 2.45) is 0 Å². The van der Waals surface area contributed by atoms with E-state index >= 15 is 0 Å². The number of nitrogens with zero attached hydrogens (tertiary/aromatic N) is 3. The smallest absolute Gasteiger partial charge is 0.289 e. The van der Waals surface area contributed by atoms with Gasteiger partial charge in [0, 0.05) is 5.70 Å². The van der Waals surface area contributed by atoms with E-state index in [-0.39, 0.29) is 5.91 Å². The standard InChI is InChI=1S/C12H14N4O3S/c1-3-10-14-7(2)11-12(17)16(13-20(10,18)19)9-6-4-5-8(14)15(9)11/h4-6,9-10,13H,3H2,1-2H3. The van der Waals surface area contributed by atoms with Crippen LogP contribution in [-0.4, -0.2) is 40.7 Å². The lowest BCUT2D eigenvalue weighted by atomic mass is 10.2. The molecule has 5 heterocycles. The van der Waals surface area contributed by atoms with E-state index in [9.17, 15) is 13.2 Å². The first kappa shape index (κ1) is 12.0. The Labute approximate surface area is 116 Å². The van der Waals surface area contributed by atoms with Crippen molar-refractivity contribution >= 4 is 15.9 Å².